The van der Waals surface area contributed by atoms with Gasteiger partial charge in [-0.2, -0.15) is 0 Å². The Bertz CT molecular complexity index is 1450. The zero-order valence-electron chi connectivity index (χ0n) is 22.5. The van der Waals surface area contributed by atoms with E-state index in [4.69, 9.17) is 0 Å². The first-order valence-electron chi connectivity index (χ1n) is 13.7. The molecule has 1 fully saturated rings. The quantitative estimate of drug-likeness (QED) is 0.200. The molecule has 0 unspecified atom stereocenters. The van der Waals surface area contributed by atoms with Crippen molar-refractivity contribution in [3.05, 3.63) is 108 Å². The SMILES string of the molecule is CCCn1cncc1C[S@](=O)c1ccc(CC(=O)/C=C/c2cccc(-c3ccc(N4CCCC4)cc3)c2)cc1. The van der Waals surface area contributed by atoms with Crippen LogP contribution in [0.4, 0.5) is 5.69 Å². The van der Waals surface area contributed by atoms with E-state index < -0.39 is 10.8 Å². The molecule has 1 saturated heterocycles. The van der Waals surface area contributed by atoms with Crippen LogP contribution < -0.4 is 4.90 Å². The van der Waals surface area contributed by atoms with Gasteiger partial charge in [-0.15, -0.1) is 0 Å². The van der Waals surface area contributed by atoms with Gasteiger partial charge in [0.1, 0.15) is 0 Å². The molecular formula is C33H35N3O2S. The summed E-state index contributed by atoms with van der Waals surface area (Å²) in [6, 6.07) is 24.6. The first kappa shape index (κ1) is 26.8. The van der Waals surface area contributed by atoms with Gasteiger partial charge in [0.2, 0.25) is 0 Å². The molecule has 6 heteroatoms. The summed E-state index contributed by atoms with van der Waals surface area (Å²) in [5.74, 6) is 0.468. The van der Waals surface area contributed by atoms with Gasteiger partial charge in [0.05, 0.1) is 28.6 Å². The molecule has 200 valence electrons. The fourth-order valence-corrected chi connectivity index (χ4v) is 6.11. The van der Waals surface area contributed by atoms with E-state index in [1.807, 2.05) is 42.5 Å². The van der Waals surface area contributed by atoms with Gasteiger partial charge in [-0.3, -0.25) is 9.00 Å². The molecule has 4 aromatic rings. The lowest BCUT2D eigenvalue weighted by molar-refractivity contribution is -0.113. The van der Waals surface area contributed by atoms with Crippen LogP contribution in [-0.2, 0) is 34.3 Å². The average molecular weight is 538 g/mol. The van der Waals surface area contributed by atoms with Gasteiger partial charge >= 0.3 is 0 Å². The van der Waals surface area contributed by atoms with Crippen molar-refractivity contribution < 1.29 is 9.00 Å². The number of anilines is 1. The average Bonchev–Trinajstić information content (AvgIpc) is 3.66. The molecule has 0 spiro atoms. The summed E-state index contributed by atoms with van der Waals surface area (Å²) < 4.78 is 14.9. The highest BCUT2D eigenvalue weighted by atomic mass is 32.2. The molecule has 0 saturated carbocycles. The highest BCUT2D eigenvalue weighted by molar-refractivity contribution is 7.84. The van der Waals surface area contributed by atoms with Crippen LogP contribution in [-0.4, -0.2) is 32.6 Å². The van der Waals surface area contributed by atoms with Gasteiger partial charge in [-0.1, -0.05) is 55.5 Å². The van der Waals surface area contributed by atoms with Crippen LogP contribution >= 0.6 is 0 Å². The van der Waals surface area contributed by atoms with Crippen LogP contribution in [0.2, 0.25) is 0 Å². The number of hydrogen-bond donors (Lipinski definition) is 0. The molecular weight excluding hydrogens is 502 g/mol. The summed E-state index contributed by atoms with van der Waals surface area (Å²) in [4.78, 5) is 20.1. The molecule has 1 atom stereocenters. The number of carbonyl (C=O) groups excluding carboxylic acids is 1. The van der Waals surface area contributed by atoms with Crippen molar-refractivity contribution in [3.63, 3.8) is 0 Å². The summed E-state index contributed by atoms with van der Waals surface area (Å²) >= 11 is 0. The lowest BCUT2D eigenvalue weighted by atomic mass is 10.0. The number of ketones is 1. The summed E-state index contributed by atoms with van der Waals surface area (Å²) in [6.45, 7) is 5.27. The number of aryl methyl sites for hydroxylation is 1. The fraction of sp³-hybridized carbons (Fsp3) is 0.273. The molecule has 0 aliphatic carbocycles. The maximum Gasteiger partial charge on any atom is 0.160 e. The van der Waals surface area contributed by atoms with Gasteiger partial charge in [0, 0.05) is 42.8 Å². The van der Waals surface area contributed by atoms with Crippen molar-refractivity contribution in [2.45, 2.75) is 49.8 Å². The first-order chi connectivity index (χ1) is 19.1. The lowest BCUT2D eigenvalue weighted by Gasteiger charge is -2.17. The maximum absolute atomic E-state index is 12.9. The van der Waals surface area contributed by atoms with Gasteiger partial charge in [-0.05, 0) is 77.9 Å². The number of carbonyl (C=O) groups is 1. The molecule has 5 rings (SSSR count). The van der Waals surface area contributed by atoms with Crippen LogP contribution in [0.5, 0.6) is 0 Å². The number of benzene rings is 3. The zero-order valence-corrected chi connectivity index (χ0v) is 23.3. The lowest BCUT2D eigenvalue weighted by Crippen LogP contribution is -2.17. The smallest absolute Gasteiger partial charge is 0.160 e. The molecule has 0 radical (unpaired) electrons. The number of nitrogens with zero attached hydrogens (tertiary/aromatic N) is 3. The Morgan fingerprint density at radius 1 is 0.974 bits per heavy atom. The molecule has 5 nitrogen and oxygen atoms in total. The second kappa shape index (κ2) is 12.9. The Balaban J connectivity index is 1.17. The Labute approximate surface area is 233 Å². The van der Waals surface area contributed by atoms with E-state index in [9.17, 15) is 9.00 Å². The van der Waals surface area contributed by atoms with Crippen molar-refractivity contribution >= 4 is 28.3 Å². The molecule has 39 heavy (non-hydrogen) atoms. The minimum absolute atomic E-state index is 0.0349. The van der Waals surface area contributed by atoms with E-state index >= 15 is 0 Å². The van der Waals surface area contributed by atoms with Gasteiger partial charge in [0.25, 0.3) is 0 Å². The second-order valence-electron chi connectivity index (χ2n) is 10.1. The Morgan fingerprint density at radius 3 is 2.49 bits per heavy atom. The first-order valence-corrected chi connectivity index (χ1v) is 15.0. The molecule has 0 bridgehead atoms. The largest absolute Gasteiger partial charge is 0.372 e. The monoisotopic (exact) mass is 537 g/mol. The fourth-order valence-electron chi connectivity index (χ4n) is 5.00. The summed E-state index contributed by atoms with van der Waals surface area (Å²) in [6.07, 6.45) is 11.0. The number of imidazole rings is 1. The van der Waals surface area contributed by atoms with E-state index in [2.05, 4.69) is 57.8 Å². The number of aromatic nitrogens is 2. The van der Waals surface area contributed by atoms with Crippen LogP contribution in [0.25, 0.3) is 17.2 Å². The highest BCUT2D eigenvalue weighted by Crippen LogP contribution is 2.26. The van der Waals surface area contributed by atoms with Crippen LogP contribution in [0.15, 0.2) is 96.3 Å². The highest BCUT2D eigenvalue weighted by Gasteiger charge is 2.12. The topological polar surface area (TPSA) is 55.2 Å². The predicted molar refractivity (Wildman–Crippen MR) is 160 cm³/mol. The molecule has 1 aromatic heterocycles. The van der Waals surface area contributed by atoms with Crippen molar-refractivity contribution in [3.8, 4) is 11.1 Å². The molecule has 2 heterocycles. The molecule has 0 amide bonds. The number of rotatable bonds is 11. The molecule has 0 N–H and O–H groups in total. The summed E-state index contributed by atoms with van der Waals surface area (Å²) in [7, 11) is -1.16. The van der Waals surface area contributed by atoms with Crippen LogP contribution in [0.1, 0.15) is 43.0 Å². The third kappa shape index (κ3) is 7.01. The summed E-state index contributed by atoms with van der Waals surface area (Å²) in [5, 5.41) is 0. The van der Waals surface area contributed by atoms with Crippen molar-refractivity contribution in [2.24, 2.45) is 0 Å². The Hall–Kier alpha value is -3.77. The Kier molecular flexibility index (Phi) is 8.84. The molecule has 1 aliphatic heterocycles. The summed E-state index contributed by atoms with van der Waals surface area (Å²) in [5.41, 5.74) is 6.48. The van der Waals surface area contributed by atoms with E-state index in [0.717, 1.165) is 53.3 Å². The van der Waals surface area contributed by atoms with Crippen LogP contribution in [0, 0.1) is 0 Å². The second-order valence-corrected chi connectivity index (χ2v) is 11.5. The van der Waals surface area contributed by atoms with Crippen LogP contribution in [0.3, 0.4) is 0 Å². The van der Waals surface area contributed by atoms with Gasteiger partial charge < -0.3 is 9.47 Å². The molecule has 1 aliphatic rings. The van der Waals surface area contributed by atoms with Crippen molar-refractivity contribution in [2.75, 3.05) is 18.0 Å². The third-order valence-electron chi connectivity index (χ3n) is 7.13. The Morgan fingerprint density at radius 2 is 1.74 bits per heavy atom. The standard InChI is InChI=1S/C33H35N3O2S/c1-2-18-36-25-34-23-31(36)24-39(38)33-16-9-27(10-17-33)22-32(37)15-8-26-6-5-7-29(21-26)28-11-13-30(14-12-28)35-19-3-4-20-35/h5-17,21,23,25H,2-4,18-20,22,24H2,1H3/b15-8+/t39-/m0/s1. The van der Waals surface area contributed by atoms with Gasteiger partial charge in [0.15, 0.2) is 5.78 Å². The van der Waals surface area contributed by atoms with Crippen molar-refractivity contribution in [1.29, 1.82) is 0 Å². The third-order valence-corrected chi connectivity index (χ3v) is 8.48. The maximum atomic E-state index is 12.9. The minimum Gasteiger partial charge on any atom is -0.372 e. The molecule has 3 aromatic carbocycles. The number of allylic oxidation sites excluding steroid dienone is 1. The van der Waals surface area contributed by atoms with E-state index in [1.165, 1.54) is 24.1 Å². The van der Waals surface area contributed by atoms with E-state index in [0.29, 0.717) is 12.2 Å². The van der Waals surface area contributed by atoms with E-state index in [-0.39, 0.29) is 5.78 Å². The van der Waals surface area contributed by atoms with E-state index in [1.54, 1.807) is 18.6 Å². The minimum atomic E-state index is -1.16. The van der Waals surface area contributed by atoms with Crippen molar-refractivity contribution in [1.82, 2.24) is 9.55 Å². The zero-order chi connectivity index (χ0) is 27.0. The normalized spacial score (nSPS) is 14.2. The number of hydrogen-bond acceptors (Lipinski definition) is 4. The van der Waals surface area contributed by atoms with Gasteiger partial charge in [-0.25, -0.2) is 4.98 Å². The predicted octanol–water partition coefficient (Wildman–Crippen LogP) is 6.69.